The second-order valence-electron chi connectivity index (χ2n) is 3.86. The van der Waals surface area contributed by atoms with E-state index in [0.29, 0.717) is 0 Å². The van der Waals surface area contributed by atoms with E-state index in [0.717, 1.165) is 0 Å². The average molecular weight is 204 g/mol. The predicted octanol–water partition coefficient (Wildman–Crippen LogP) is -1.45. The summed E-state index contributed by atoms with van der Waals surface area (Å²) in [6, 6.07) is 0. The molecule has 6 nitrogen and oxygen atoms in total. The minimum Gasteiger partial charge on any atom is -0.394 e. The molecule has 0 aliphatic carbocycles. The van der Waals surface area contributed by atoms with Crippen molar-refractivity contribution in [1.82, 2.24) is 0 Å². The molecular formula is C8H12O6. The quantitative estimate of drug-likeness (QED) is 0.544. The third kappa shape index (κ3) is 1.01. The van der Waals surface area contributed by atoms with E-state index in [9.17, 15) is 5.11 Å². The summed E-state index contributed by atoms with van der Waals surface area (Å²) < 4.78 is 21.4. The third-order valence-corrected chi connectivity index (χ3v) is 2.83. The molecule has 6 heteroatoms. The van der Waals surface area contributed by atoms with Crippen molar-refractivity contribution in [2.75, 3.05) is 6.61 Å². The van der Waals surface area contributed by atoms with Crippen molar-refractivity contribution in [3.8, 4) is 0 Å². The number of aliphatic hydroxyl groups excluding tert-OH is 2. The highest BCUT2D eigenvalue weighted by atomic mass is 17.0. The van der Waals surface area contributed by atoms with Crippen molar-refractivity contribution >= 4 is 0 Å². The lowest BCUT2D eigenvalue weighted by molar-refractivity contribution is -0.382. The molecule has 0 aromatic rings. The van der Waals surface area contributed by atoms with Gasteiger partial charge in [0, 0.05) is 6.92 Å². The molecule has 14 heavy (non-hydrogen) atoms. The molecule has 80 valence electrons. The number of hydrogen-bond acceptors (Lipinski definition) is 6. The summed E-state index contributed by atoms with van der Waals surface area (Å²) in [4.78, 5) is 0. The molecule has 0 radical (unpaired) electrons. The van der Waals surface area contributed by atoms with Gasteiger partial charge in [0.05, 0.1) is 6.61 Å². The van der Waals surface area contributed by atoms with Crippen molar-refractivity contribution < 1.29 is 29.2 Å². The fourth-order valence-electron chi connectivity index (χ4n) is 2.20. The van der Waals surface area contributed by atoms with Crippen LogP contribution in [0.2, 0.25) is 0 Å². The summed E-state index contributed by atoms with van der Waals surface area (Å²) in [5.41, 5.74) is 0. The average Bonchev–Trinajstić information content (AvgIpc) is 2.33. The molecular weight excluding hydrogens is 192 g/mol. The van der Waals surface area contributed by atoms with Crippen LogP contribution in [0, 0.1) is 0 Å². The highest BCUT2D eigenvalue weighted by molar-refractivity contribution is 4.98. The zero-order valence-corrected chi connectivity index (χ0v) is 7.62. The molecule has 3 heterocycles. The standard InChI is InChI=1S/C8H12O6/c1-8-12-5-3(2-9)11-7(14-8)6(13-8)4(5)10/h3-7,9-10H,2H2,1H3/t3-,4+,5-,6-,7-,8?/m1/s1. The van der Waals surface area contributed by atoms with Crippen molar-refractivity contribution in [2.45, 2.75) is 43.6 Å². The molecule has 0 saturated carbocycles. The van der Waals surface area contributed by atoms with Gasteiger partial charge < -0.3 is 24.4 Å². The van der Waals surface area contributed by atoms with Crippen LogP contribution in [-0.2, 0) is 18.9 Å². The lowest BCUT2D eigenvalue weighted by Crippen LogP contribution is -2.61. The molecule has 2 N–H and O–H groups in total. The second kappa shape index (κ2) is 2.66. The minimum atomic E-state index is -1.14. The minimum absolute atomic E-state index is 0.204. The van der Waals surface area contributed by atoms with E-state index in [1.54, 1.807) is 6.92 Å². The zero-order valence-electron chi connectivity index (χ0n) is 7.62. The van der Waals surface area contributed by atoms with Crippen LogP contribution >= 0.6 is 0 Å². The van der Waals surface area contributed by atoms with Gasteiger partial charge >= 0.3 is 0 Å². The van der Waals surface area contributed by atoms with Crippen LogP contribution in [0.5, 0.6) is 0 Å². The number of aliphatic hydroxyl groups is 2. The van der Waals surface area contributed by atoms with E-state index in [-0.39, 0.29) is 6.61 Å². The number of hydrogen-bond donors (Lipinski definition) is 2. The van der Waals surface area contributed by atoms with Crippen LogP contribution in [0.15, 0.2) is 0 Å². The smallest absolute Gasteiger partial charge is 0.283 e. The van der Waals surface area contributed by atoms with Gasteiger partial charge in [-0.3, -0.25) is 4.74 Å². The Morgan fingerprint density at radius 3 is 2.64 bits per heavy atom. The lowest BCUT2D eigenvalue weighted by Gasteiger charge is -2.42. The fraction of sp³-hybridized carbons (Fsp3) is 1.00. The van der Waals surface area contributed by atoms with Gasteiger partial charge in [0.1, 0.15) is 24.4 Å². The van der Waals surface area contributed by atoms with Crippen LogP contribution < -0.4 is 0 Å². The van der Waals surface area contributed by atoms with E-state index in [2.05, 4.69) is 0 Å². The molecule has 0 aromatic heterocycles. The molecule has 6 atom stereocenters. The predicted molar refractivity (Wildman–Crippen MR) is 41.0 cm³/mol. The Balaban J connectivity index is 1.94. The van der Waals surface area contributed by atoms with E-state index < -0.39 is 36.7 Å². The summed E-state index contributed by atoms with van der Waals surface area (Å²) in [7, 11) is 0. The molecule has 3 aliphatic rings. The van der Waals surface area contributed by atoms with Crippen molar-refractivity contribution in [2.24, 2.45) is 0 Å². The zero-order chi connectivity index (χ0) is 9.92. The van der Waals surface area contributed by atoms with Gasteiger partial charge in [-0.05, 0) is 0 Å². The maximum atomic E-state index is 9.78. The summed E-state index contributed by atoms with van der Waals surface area (Å²) in [6.07, 6.45) is -3.09. The summed E-state index contributed by atoms with van der Waals surface area (Å²) in [5, 5.41) is 18.8. The van der Waals surface area contributed by atoms with Crippen LogP contribution in [0.25, 0.3) is 0 Å². The Hall–Kier alpha value is -0.240. The first kappa shape index (κ1) is 9.02. The van der Waals surface area contributed by atoms with Crippen LogP contribution in [-0.4, -0.2) is 53.5 Å². The van der Waals surface area contributed by atoms with Crippen molar-refractivity contribution in [3.63, 3.8) is 0 Å². The molecule has 0 amide bonds. The molecule has 3 fully saturated rings. The Morgan fingerprint density at radius 2 is 1.93 bits per heavy atom. The number of rotatable bonds is 1. The Kier molecular flexibility index (Phi) is 1.71. The SMILES string of the molecule is CC12O[C@H]3O[C@H](CO)[C@@H](O1)[C@H](O)[C@H]3O2. The van der Waals surface area contributed by atoms with Gasteiger partial charge in [-0.25, -0.2) is 0 Å². The lowest BCUT2D eigenvalue weighted by atomic mass is 9.98. The molecule has 3 saturated heterocycles. The first-order valence-electron chi connectivity index (χ1n) is 4.61. The first-order valence-corrected chi connectivity index (χ1v) is 4.61. The van der Waals surface area contributed by atoms with Gasteiger partial charge in [-0.1, -0.05) is 0 Å². The van der Waals surface area contributed by atoms with Crippen molar-refractivity contribution in [1.29, 1.82) is 0 Å². The third-order valence-electron chi connectivity index (χ3n) is 2.83. The van der Waals surface area contributed by atoms with E-state index in [1.807, 2.05) is 0 Å². The molecule has 3 rings (SSSR count). The van der Waals surface area contributed by atoms with Crippen LogP contribution in [0.3, 0.4) is 0 Å². The Bertz CT molecular complexity index is 256. The van der Waals surface area contributed by atoms with Crippen LogP contribution in [0.1, 0.15) is 6.92 Å². The molecule has 3 bridgehead atoms. The summed E-state index contributed by atoms with van der Waals surface area (Å²) in [5.74, 6) is -1.14. The second-order valence-corrected chi connectivity index (χ2v) is 3.86. The molecule has 1 unspecified atom stereocenters. The van der Waals surface area contributed by atoms with E-state index in [4.69, 9.17) is 24.1 Å². The molecule has 0 aromatic carbocycles. The van der Waals surface area contributed by atoms with Gasteiger partial charge in [-0.15, -0.1) is 0 Å². The molecule has 0 spiro atoms. The largest absolute Gasteiger partial charge is 0.394 e. The maximum Gasteiger partial charge on any atom is 0.283 e. The van der Waals surface area contributed by atoms with E-state index >= 15 is 0 Å². The van der Waals surface area contributed by atoms with Gasteiger partial charge in [-0.2, -0.15) is 0 Å². The molecule has 3 aliphatic heterocycles. The summed E-state index contributed by atoms with van der Waals surface area (Å²) in [6.45, 7) is 1.42. The van der Waals surface area contributed by atoms with Crippen molar-refractivity contribution in [3.05, 3.63) is 0 Å². The fourth-order valence-corrected chi connectivity index (χ4v) is 2.20. The van der Waals surface area contributed by atoms with Crippen LogP contribution in [0.4, 0.5) is 0 Å². The highest BCUT2D eigenvalue weighted by Crippen LogP contribution is 2.44. The first-order chi connectivity index (χ1) is 6.63. The van der Waals surface area contributed by atoms with Gasteiger partial charge in [0.15, 0.2) is 6.29 Å². The highest BCUT2D eigenvalue weighted by Gasteiger charge is 2.63. The maximum absolute atomic E-state index is 9.78. The van der Waals surface area contributed by atoms with Gasteiger partial charge in [0.25, 0.3) is 5.97 Å². The normalized spacial score (nSPS) is 60.6. The Labute approximate surface area is 80.3 Å². The number of ether oxygens (including phenoxy) is 4. The topological polar surface area (TPSA) is 77.4 Å². The van der Waals surface area contributed by atoms with Gasteiger partial charge in [0.2, 0.25) is 0 Å². The monoisotopic (exact) mass is 204 g/mol. The Morgan fingerprint density at radius 1 is 1.21 bits per heavy atom. The van der Waals surface area contributed by atoms with E-state index in [1.165, 1.54) is 0 Å². The summed E-state index contributed by atoms with van der Waals surface area (Å²) >= 11 is 0. The number of fused-ring (bicyclic) bond motifs is 2.